The second-order valence-electron chi connectivity index (χ2n) is 0.610. The number of hydrogen-bond donors (Lipinski definition) is 2. The molecule has 2 N–H and O–H groups in total. The first kappa shape index (κ1) is 16.2. The molecule has 0 amide bonds. The molecular formula is C2H2LaO4Pr. The first-order chi connectivity index (χ1) is 2.64. The molecule has 0 aromatic carbocycles. The van der Waals surface area contributed by atoms with Gasteiger partial charge in [0.05, 0.1) is 0 Å². The molecule has 0 unspecified atom stereocenters. The third-order valence-corrected chi connectivity index (χ3v) is 0.183. The normalized spacial score (nSPS) is 5.50. The molecule has 0 aliphatic carbocycles. The van der Waals surface area contributed by atoms with E-state index in [-0.39, 0.29) is 76.9 Å². The van der Waals surface area contributed by atoms with Gasteiger partial charge in [-0.2, -0.15) is 0 Å². The van der Waals surface area contributed by atoms with Crippen LogP contribution in [0.25, 0.3) is 0 Å². The summed E-state index contributed by atoms with van der Waals surface area (Å²) in [5.41, 5.74) is 0. The number of hydrogen-bond acceptors (Lipinski definition) is 2. The molecule has 0 rings (SSSR count). The van der Waals surface area contributed by atoms with Crippen LogP contribution < -0.4 is 0 Å². The zero-order chi connectivity index (χ0) is 5.15. The quantitative estimate of drug-likeness (QED) is 0.546. The monoisotopic (exact) mass is 370 g/mol. The molecule has 6 heteroatoms. The SMILES string of the molecule is O=C(O)C(=O)O.[La].[Pr]. The summed E-state index contributed by atoms with van der Waals surface area (Å²) < 4.78 is 0. The van der Waals surface area contributed by atoms with Gasteiger partial charge in [0.25, 0.3) is 0 Å². The number of carboxylic acids is 2. The Morgan fingerprint density at radius 2 is 1.12 bits per heavy atom. The predicted octanol–water partition coefficient (Wildman–Crippen LogP) is -0.844. The molecule has 0 saturated heterocycles. The van der Waals surface area contributed by atoms with Gasteiger partial charge in [0.1, 0.15) is 0 Å². The average Bonchev–Trinajstić information content (AvgIpc) is 1.36. The first-order valence-corrected chi connectivity index (χ1v) is 1.11. The molecule has 8 heavy (non-hydrogen) atoms. The zero-order valence-corrected chi connectivity index (χ0v) is 11.2. The van der Waals surface area contributed by atoms with Crippen molar-refractivity contribution in [1.82, 2.24) is 0 Å². The predicted molar refractivity (Wildman–Crippen MR) is 15.3 cm³/mol. The Hall–Kier alpha value is 1.50. The molecule has 0 atom stereocenters. The van der Waals surface area contributed by atoms with Crippen molar-refractivity contribution in [3.8, 4) is 0 Å². The Kier molecular flexibility index (Phi) is 17.3. The maximum atomic E-state index is 9.10. The van der Waals surface area contributed by atoms with Crippen molar-refractivity contribution >= 4 is 11.9 Å². The summed E-state index contributed by atoms with van der Waals surface area (Å²) in [4.78, 5) is 18.2. The number of rotatable bonds is 0. The molecular weight excluding hydrogens is 368 g/mol. The summed E-state index contributed by atoms with van der Waals surface area (Å²) in [6, 6.07) is 0. The molecule has 0 aromatic heterocycles. The van der Waals surface area contributed by atoms with E-state index in [4.69, 9.17) is 19.8 Å². The molecule has 0 fully saturated rings. The van der Waals surface area contributed by atoms with Crippen LogP contribution in [-0.4, -0.2) is 22.2 Å². The van der Waals surface area contributed by atoms with Crippen molar-refractivity contribution in [3.05, 3.63) is 0 Å². The Morgan fingerprint density at radius 3 is 1.12 bits per heavy atom. The van der Waals surface area contributed by atoms with E-state index < -0.39 is 11.9 Å². The van der Waals surface area contributed by atoms with Gasteiger partial charge in [0, 0.05) is 76.9 Å². The van der Waals surface area contributed by atoms with Crippen molar-refractivity contribution in [2.24, 2.45) is 0 Å². The molecule has 0 saturated carbocycles. The summed E-state index contributed by atoms with van der Waals surface area (Å²) >= 11 is 0. The van der Waals surface area contributed by atoms with E-state index in [0.29, 0.717) is 0 Å². The summed E-state index contributed by atoms with van der Waals surface area (Å²) in [7, 11) is 0. The first-order valence-electron chi connectivity index (χ1n) is 1.11. The Labute approximate surface area is 107 Å². The largest absolute Gasteiger partial charge is 0.473 e. The molecule has 4 nitrogen and oxygen atoms in total. The fraction of sp³-hybridized carbons (Fsp3) is 0. The second-order valence-corrected chi connectivity index (χ2v) is 0.610. The molecule has 0 aromatic rings. The standard InChI is InChI=1S/C2H2O4.La.Pr/c3-1(4)2(5)6;;/h(H,3,4)(H,5,6);;. The van der Waals surface area contributed by atoms with E-state index in [1.807, 2.05) is 0 Å². The van der Waals surface area contributed by atoms with Crippen LogP contribution >= 0.6 is 0 Å². The van der Waals surface area contributed by atoms with Crippen LogP contribution in [-0.2, 0) is 9.59 Å². The van der Waals surface area contributed by atoms with Crippen LogP contribution in [0.1, 0.15) is 0 Å². The summed E-state index contributed by atoms with van der Waals surface area (Å²) in [6.07, 6.45) is 0. The van der Waals surface area contributed by atoms with Gasteiger partial charge >= 0.3 is 11.9 Å². The van der Waals surface area contributed by atoms with E-state index in [9.17, 15) is 0 Å². The van der Waals surface area contributed by atoms with Crippen LogP contribution in [0.4, 0.5) is 0 Å². The minimum absolute atomic E-state index is 0. The Bertz CT molecular complexity index is 80.0. The van der Waals surface area contributed by atoms with Crippen LogP contribution in [0.15, 0.2) is 0 Å². The maximum Gasteiger partial charge on any atom is 0.414 e. The van der Waals surface area contributed by atoms with Gasteiger partial charge in [-0.25, -0.2) is 9.59 Å². The van der Waals surface area contributed by atoms with Crippen molar-refractivity contribution in [3.63, 3.8) is 0 Å². The molecule has 0 aliphatic heterocycles. The molecule has 0 bridgehead atoms. The minimum Gasteiger partial charge on any atom is -0.473 e. The second kappa shape index (κ2) is 8.50. The van der Waals surface area contributed by atoms with Crippen LogP contribution in [0.3, 0.4) is 0 Å². The fourth-order valence-electron chi connectivity index (χ4n) is 0. The van der Waals surface area contributed by atoms with Crippen molar-refractivity contribution < 1.29 is 96.7 Å². The molecule has 0 aliphatic rings. The van der Waals surface area contributed by atoms with Gasteiger partial charge in [0.15, 0.2) is 0 Å². The van der Waals surface area contributed by atoms with E-state index in [2.05, 4.69) is 0 Å². The Morgan fingerprint density at radius 1 is 1.00 bits per heavy atom. The minimum atomic E-state index is -1.82. The summed E-state index contributed by atoms with van der Waals surface area (Å²) in [5, 5.41) is 14.8. The Balaban J connectivity index is -0.000000125. The van der Waals surface area contributed by atoms with Crippen molar-refractivity contribution in [2.45, 2.75) is 0 Å². The van der Waals surface area contributed by atoms with Crippen molar-refractivity contribution in [1.29, 1.82) is 0 Å². The van der Waals surface area contributed by atoms with Gasteiger partial charge in [-0.05, 0) is 0 Å². The van der Waals surface area contributed by atoms with Gasteiger partial charge in [-0.1, -0.05) is 0 Å². The third kappa shape index (κ3) is 10.5. The average molecular weight is 370 g/mol. The number of carbonyl (C=O) groups is 2. The molecule has 0 spiro atoms. The fourth-order valence-corrected chi connectivity index (χ4v) is 0. The van der Waals surface area contributed by atoms with E-state index in [1.165, 1.54) is 0 Å². The van der Waals surface area contributed by atoms with E-state index in [0.717, 1.165) is 0 Å². The van der Waals surface area contributed by atoms with Gasteiger partial charge in [-0.15, -0.1) is 0 Å². The number of carboxylic acid groups (broad SMARTS) is 2. The summed E-state index contributed by atoms with van der Waals surface area (Å²) in [6.45, 7) is 0. The topological polar surface area (TPSA) is 74.6 Å². The van der Waals surface area contributed by atoms with Crippen molar-refractivity contribution in [2.75, 3.05) is 0 Å². The molecule has 2 radical (unpaired) electrons. The van der Waals surface area contributed by atoms with Crippen LogP contribution in [0.5, 0.6) is 0 Å². The van der Waals surface area contributed by atoms with Gasteiger partial charge in [-0.3, -0.25) is 0 Å². The summed E-state index contributed by atoms with van der Waals surface area (Å²) in [5.74, 6) is -3.65. The van der Waals surface area contributed by atoms with Crippen LogP contribution in [0.2, 0.25) is 0 Å². The number of aliphatic carboxylic acids is 2. The van der Waals surface area contributed by atoms with Gasteiger partial charge < -0.3 is 10.2 Å². The van der Waals surface area contributed by atoms with Crippen LogP contribution in [0, 0.1) is 76.9 Å². The van der Waals surface area contributed by atoms with E-state index in [1.54, 1.807) is 0 Å². The molecule has 0 heterocycles. The smallest absolute Gasteiger partial charge is 0.414 e. The third-order valence-electron chi connectivity index (χ3n) is 0.183. The maximum absolute atomic E-state index is 9.10. The van der Waals surface area contributed by atoms with E-state index >= 15 is 0 Å². The molecule has 40 valence electrons. The zero-order valence-electron chi connectivity index (χ0n) is 3.87. The van der Waals surface area contributed by atoms with Gasteiger partial charge in [0.2, 0.25) is 0 Å².